The third-order valence-electron chi connectivity index (χ3n) is 9.73. The fourth-order valence-electron chi connectivity index (χ4n) is 7.15. The monoisotopic (exact) mass is 701 g/mol. The van der Waals surface area contributed by atoms with Gasteiger partial charge in [0.05, 0.1) is 22.8 Å². The second-order valence-corrected chi connectivity index (χ2v) is 13.8. The third kappa shape index (κ3) is 7.17. The van der Waals surface area contributed by atoms with Crippen molar-refractivity contribution >= 4 is 35.0 Å². The highest BCUT2D eigenvalue weighted by atomic mass is 35.5. The minimum Gasteiger partial charge on any atom is -0.481 e. The third-order valence-corrected chi connectivity index (χ3v) is 10.5. The maximum Gasteiger partial charge on any atom is 0.220 e. The van der Waals surface area contributed by atoms with Crippen molar-refractivity contribution in [3.8, 4) is 39.4 Å². The fraction of sp³-hybridized carbons (Fsp3) is 0.342. The van der Waals surface area contributed by atoms with Crippen molar-refractivity contribution < 1.29 is 18.7 Å². The van der Waals surface area contributed by atoms with Gasteiger partial charge >= 0.3 is 0 Å². The Bertz CT molecular complexity index is 1920. The minimum atomic E-state index is -0.252. The molecular formula is C38H38Cl2FN5O3. The van der Waals surface area contributed by atoms with Crippen molar-refractivity contribution in [1.82, 2.24) is 25.8 Å². The van der Waals surface area contributed by atoms with Crippen LogP contribution in [0.25, 0.3) is 33.5 Å². The van der Waals surface area contributed by atoms with Crippen molar-refractivity contribution in [2.24, 2.45) is 0 Å². The molecule has 254 valence electrons. The Hall–Kier alpha value is -4.02. The van der Waals surface area contributed by atoms with Gasteiger partial charge in [0.15, 0.2) is 0 Å². The summed E-state index contributed by atoms with van der Waals surface area (Å²) in [5.74, 6) is 0.424. The highest BCUT2D eigenvalue weighted by Crippen LogP contribution is 2.43. The largest absolute Gasteiger partial charge is 0.481 e. The van der Waals surface area contributed by atoms with Crippen molar-refractivity contribution in [2.75, 3.05) is 26.7 Å². The zero-order valence-corrected chi connectivity index (χ0v) is 28.8. The van der Waals surface area contributed by atoms with E-state index in [0.717, 1.165) is 71.3 Å². The van der Waals surface area contributed by atoms with Gasteiger partial charge in [-0.25, -0.2) is 9.37 Å². The first-order chi connectivity index (χ1) is 23.8. The molecule has 0 bridgehead atoms. The zero-order chi connectivity index (χ0) is 34.1. The number of ether oxygens (including phenoxy) is 1. The van der Waals surface area contributed by atoms with Gasteiger partial charge in [0.25, 0.3) is 0 Å². The number of aromatic nitrogens is 1. The molecule has 0 radical (unpaired) electrons. The van der Waals surface area contributed by atoms with Gasteiger partial charge in [-0.3, -0.25) is 14.5 Å². The average molecular weight is 703 g/mol. The van der Waals surface area contributed by atoms with Gasteiger partial charge in [0.2, 0.25) is 17.7 Å². The summed E-state index contributed by atoms with van der Waals surface area (Å²) in [4.78, 5) is 30.1. The predicted octanol–water partition coefficient (Wildman–Crippen LogP) is 6.54. The Morgan fingerprint density at radius 2 is 1.57 bits per heavy atom. The molecule has 4 aromatic rings. The number of nitrogens with one attached hydrogen (secondary N) is 3. The topological polar surface area (TPSA) is 95.6 Å². The van der Waals surface area contributed by atoms with Crippen molar-refractivity contribution in [3.05, 3.63) is 93.2 Å². The smallest absolute Gasteiger partial charge is 0.220 e. The lowest BCUT2D eigenvalue weighted by molar-refractivity contribution is -0.120. The SMILES string of the molecule is COc1nc(-c2cccc(-c3cccc(-c4cc(F)c5c(c4)CCN(C[C@H]4CCC(=O)N4)C5)c3Cl)c2Cl)ccc1CNC[C@@H]1CCC(=O)N1. The number of halogens is 3. The standard InChI is InChI=1S/C38H38Cl2FN5O3/c1-49-38-23(18-42-19-25-9-12-34(47)43-25)8-11-33(45-38)30-7-3-6-29(37(30)40)28-5-2-4-27(36(28)39)24-16-22-14-15-46(21-31(22)32(41)17-24)20-26-10-13-35(48)44-26/h2-8,11,16-17,25-26,42H,9-10,12-15,18-21H2,1H3,(H,43,47)(H,44,48)/t25-,26+/m0/s1. The Labute approximate surface area is 295 Å². The number of amides is 2. The molecule has 2 fully saturated rings. The lowest BCUT2D eigenvalue weighted by atomic mass is 9.92. The molecule has 4 heterocycles. The van der Waals surface area contributed by atoms with Crippen LogP contribution in [-0.2, 0) is 29.1 Å². The molecular weight excluding hydrogens is 664 g/mol. The molecule has 3 N–H and O–H groups in total. The Morgan fingerprint density at radius 1 is 0.898 bits per heavy atom. The van der Waals surface area contributed by atoms with Gasteiger partial charge in [-0.05, 0) is 42.5 Å². The molecule has 11 heteroatoms. The lowest BCUT2D eigenvalue weighted by Gasteiger charge is -2.31. The summed E-state index contributed by atoms with van der Waals surface area (Å²) < 4.78 is 21.3. The van der Waals surface area contributed by atoms with E-state index in [1.165, 1.54) is 0 Å². The summed E-state index contributed by atoms with van der Waals surface area (Å²) in [5, 5.41) is 10.4. The lowest BCUT2D eigenvalue weighted by Crippen LogP contribution is -2.41. The number of carbonyl (C=O) groups is 2. The van der Waals surface area contributed by atoms with Gasteiger partial charge in [-0.2, -0.15) is 0 Å². The van der Waals surface area contributed by atoms with E-state index in [9.17, 15) is 9.59 Å². The van der Waals surface area contributed by atoms with Crippen LogP contribution in [0.3, 0.4) is 0 Å². The van der Waals surface area contributed by atoms with Gasteiger partial charge < -0.3 is 20.7 Å². The van der Waals surface area contributed by atoms with Crippen LogP contribution in [0.1, 0.15) is 42.4 Å². The maximum absolute atomic E-state index is 15.7. The minimum absolute atomic E-state index is 0.0916. The van der Waals surface area contributed by atoms with E-state index in [4.69, 9.17) is 32.9 Å². The number of hydrogen-bond donors (Lipinski definition) is 3. The summed E-state index contributed by atoms with van der Waals surface area (Å²) in [6, 6.07) is 19.2. The first-order valence-electron chi connectivity index (χ1n) is 16.7. The number of nitrogens with zero attached hydrogens (tertiary/aromatic N) is 2. The zero-order valence-electron chi connectivity index (χ0n) is 27.3. The molecule has 8 nitrogen and oxygen atoms in total. The number of rotatable bonds is 10. The highest BCUT2D eigenvalue weighted by Gasteiger charge is 2.27. The van der Waals surface area contributed by atoms with Gasteiger partial charge in [0.1, 0.15) is 5.82 Å². The normalized spacial score (nSPS) is 19.1. The number of hydrogen-bond acceptors (Lipinski definition) is 6. The maximum atomic E-state index is 15.7. The number of fused-ring (bicyclic) bond motifs is 1. The van der Waals surface area contributed by atoms with E-state index in [0.29, 0.717) is 59.7 Å². The van der Waals surface area contributed by atoms with Crippen LogP contribution in [-0.4, -0.2) is 60.5 Å². The molecule has 3 aliphatic rings. The van der Waals surface area contributed by atoms with Crippen LogP contribution in [0.4, 0.5) is 4.39 Å². The second-order valence-electron chi connectivity index (χ2n) is 13.0. The quantitative estimate of drug-likeness (QED) is 0.174. The Kier molecular flexibility index (Phi) is 9.87. The van der Waals surface area contributed by atoms with Crippen molar-refractivity contribution in [2.45, 2.75) is 57.3 Å². The molecule has 0 unspecified atom stereocenters. The van der Waals surface area contributed by atoms with Crippen LogP contribution in [0, 0.1) is 5.82 Å². The second kappa shape index (κ2) is 14.5. The molecule has 2 amide bonds. The molecule has 3 aliphatic heterocycles. The number of methoxy groups -OCH3 is 1. The van der Waals surface area contributed by atoms with Crippen LogP contribution in [0.15, 0.2) is 60.7 Å². The van der Waals surface area contributed by atoms with Crippen LogP contribution >= 0.6 is 23.2 Å². The Morgan fingerprint density at radius 3 is 2.27 bits per heavy atom. The van der Waals surface area contributed by atoms with Crippen LogP contribution < -0.4 is 20.7 Å². The molecule has 0 saturated carbocycles. The highest BCUT2D eigenvalue weighted by molar-refractivity contribution is 6.39. The van der Waals surface area contributed by atoms with Crippen molar-refractivity contribution in [3.63, 3.8) is 0 Å². The molecule has 49 heavy (non-hydrogen) atoms. The van der Waals surface area contributed by atoms with Gasteiger partial charge in [-0.15, -0.1) is 0 Å². The molecule has 0 spiro atoms. The van der Waals surface area contributed by atoms with Crippen LogP contribution in [0.2, 0.25) is 10.0 Å². The number of carbonyl (C=O) groups excluding carboxylic acids is 2. The van der Waals surface area contributed by atoms with E-state index in [-0.39, 0.29) is 29.7 Å². The summed E-state index contributed by atoms with van der Waals surface area (Å²) in [5.41, 5.74) is 6.89. The Balaban J connectivity index is 1.11. The summed E-state index contributed by atoms with van der Waals surface area (Å²) in [6.45, 7) is 3.26. The predicted molar refractivity (Wildman–Crippen MR) is 190 cm³/mol. The number of benzene rings is 3. The van der Waals surface area contributed by atoms with Crippen LogP contribution in [0.5, 0.6) is 5.88 Å². The van der Waals surface area contributed by atoms with E-state index in [2.05, 4.69) is 20.9 Å². The van der Waals surface area contributed by atoms with E-state index in [1.54, 1.807) is 13.2 Å². The molecule has 0 aliphatic carbocycles. The summed E-state index contributed by atoms with van der Waals surface area (Å²) in [6.07, 6.45) is 3.50. The van der Waals surface area contributed by atoms with Gasteiger partial charge in [0, 0.05) is 91.0 Å². The molecule has 1 aromatic heterocycles. The van der Waals surface area contributed by atoms with Gasteiger partial charge in [-0.1, -0.05) is 71.7 Å². The van der Waals surface area contributed by atoms with E-state index in [1.807, 2.05) is 54.6 Å². The van der Waals surface area contributed by atoms with E-state index < -0.39 is 0 Å². The first-order valence-corrected chi connectivity index (χ1v) is 17.5. The average Bonchev–Trinajstić information content (AvgIpc) is 3.72. The number of pyridine rings is 1. The summed E-state index contributed by atoms with van der Waals surface area (Å²) >= 11 is 14.2. The molecule has 3 aromatic carbocycles. The van der Waals surface area contributed by atoms with Crippen molar-refractivity contribution in [1.29, 1.82) is 0 Å². The first kappa shape index (κ1) is 33.5. The molecule has 2 saturated heterocycles. The summed E-state index contributed by atoms with van der Waals surface area (Å²) in [7, 11) is 1.59. The fourth-order valence-corrected chi connectivity index (χ4v) is 7.82. The van der Waals surface area contributed by atoms with E-state index >= 15 is 4.39 Å². The molecule has 2 atom stereocenters. The molecule has 7 rings (SSSR count).